The molecule has 5 nitrogen and oxygen atoms in total. The van der Waals surface area contributed by atoms with E-state index in [9.17, 15) is 4.79 Å². The number of rotatable bonds is 5. The van der Waals surface area contributed by atoms with Crippen LogP contribution >= 0.6 is 0 Å². The van der Waals surface area contributed by atoms with Crippen LogP contribution in [0.1, 0.15) is 33.1 Å². The summed E-state index contributed by atoms with van der Waals surface area (Å²) in [7, 11) is 0. The van der Waals surface area contributed by atoms with Crippen molar-refractivity contribution in [2.75, 3.05) is 27.0 Å². The van der Waals surface area contributed by atoms with Gasteiger partial charge in [-0.3, -0.25) is 0 Å². The number of aryl methyl sites for hydroxylation is 1. The number of aromatic nitrogens is 1. The maximum Gasteiger partial charge on any atom is 0.407 e. The summed E-state index contributed by atoms with van der Waals surface area (Å²) in [4.78, 5) is 13.9. The molecule has 5 heteroatoms. The zero-order valence-electron chi connectivity index (χ0n) is 26.5. The van der Waals surface area contributed by atoms with E-state index in [-0.39, 0.29) is 21.4 Å². The Balaban J connectivity index is 2.26. The average Bonchev–Trinajstić information content (AvgIpc) is 3.14. The number of aromatic amines is 1. The van der Waals surface area contributed by atoms with Gasteiger partial charge in [-0.1, -0.05) is 6.04 Å². The lowest BCUT2D eigenvalue weighted by atomic mass is 10.0. The number of nitrogens with zero attached hydrogens (tertiary/aromatic N) is 1. The summed E-state index contributed by atoms with van der Waals surface area (Å²) in [5.41, 5.74) is -1.51. The van der Waals surface area contributed by atoms with E-state index in [0.29, 0.717) is 0 Å². The first-order valence-corrected chi connectivity index (χ1v) is 5.82. The second kappa shape index (κ2) is 5.77. The summed E-state index contributed by atoms with van der Waals surface area (Å²) in [5, 5.41) is 1.32. The number of hydrogen-bond acceptors (Lipinski definition) is 3. The third-order valence-electron chi connectivity index (χ3n) is 2.67. The first kappa shape index (κ1) is 4.49. The number of likely N-dealkylation sites (N-methyl/N-ethyl adjacent to an activating group) is 1. The standard InChI is InChI=1S/C16H21N3O2/c1-19(2)6-5-12-9-17-15-4-3-11(8-14(12)15)7-13-10-21-16(20)18-13/h3-4,8-9,13,17H,5-7,10H2,1-2H3,(H,18,20)/t13-/m0/s1/i1D3,2D3,3D,4D,6D2,7D2,8D,10D2,13D. The van der Waals surface area contributed by atoms with Crippen molar-refractivity contribution < 1.29 is 31.5 Å². The second-order valence-corrected chi connectivity index (χ2v) is 4.10. The Labute approximate surface area is 146 Å². The fraction of sp³-hybridized carbons (Fsp3) is 0.438. The molecule has 3 rings (SSSR count). The highest BCUT2D eigenvalue weighted by Gasteiger charge is 2.22. The lowest BCUT2D eigenvalue weighted by Gasteiger charge is -2.09. The number of alkyl carbamates (subject to hydrolysis) is 1. The minimum Gasteiger partial charge on any atom is -0.447 e. The van der Waals surface area contributed by atoms with Crippen LogP contribution in [0, 0.1) is 0 Å². The minimum absolute atomic E-state index is 0.247. The largest absolute Gasteiger partial charge is 0.447 e. The quantitative estimate of drug-likeness (QED) is 0.887. The lowest BCUT2D eigenvalue weighted by molar-refractivity contribution is 0.177. The normalized spacial score (nSPS) is 37.9. The van der Waals surface area contributed by atoms with Gasteiger partial charge in [-0.05, 0) is 50.0 Å². The number of amides is 1. The van der Waals surface area contributed by atoms with E-state index in [1.54, 1.807) is 5.32 Å². The Bertz CT molecular complexity index is 1240. The van der Waals surface area contributed by atoms with Crippen LogP contribution in [0.4, 0.5) is 4.79 Å². The summed E-state index contributed by atoms with van der Waals surface area (Å²) in [6, 6.07) is -5.76. The van der Waals surface area contributed by atoms with E-state index in [1.165, 1.54) is 0 Å². The SMILES string of the molecule is [2H]c1c(C([2H])([2H])[C@]2([2H])NC(=O)OC2([2H])[2H])c([2H])c2c(CC([2H])([2H])N(C([2H])([2H])[2H])C([2H])([2H])[2H])c[nH]c2c1[2H]. The number of fused-ring (bicyclic) bond motifs is 1. The van der Waals surface area contributed by atoms with E-state index in [0.717, 1.165) is 6.20 Å². The molecule has 2 heterocycles. The molecule has 0 spiro atoms. The van der Waals surface area contributed by atoms with Crippen molar-refractivity contribution >= 4 is 17.0 Å². The molecule has 0 aliphatic carbocycles. The number of nitrogens with one attached hydrogen (secondary N) is 2. The van der Waals surface area contributed by atoms with Crippen LogP contribution in [0.2, 0.25) is 0 Å². The van der Waals surface area contributed by atoms with Crippen LogP contribution in [-0.4, -0.2) is 49.0 Å². The van der Waals surface area contributed by atoms with Crippen molar-refractivity contribution in [2.24, 2.45) is 0 Å². The third kappa shape index (κ3) is 3.19. The Hall–Kier alpha value is -2.01. The maximum absolute atomic E-state index is 11.7. The highest BCUT2D eigenvalue weighted by Crippen LogP contribution is 2.21. The Kier molecular flexibility index (Phi) is 1.23. The van der Waals surface area contributed by atoms with Gasteiger partial charge < -0.3 is 19.9 Å². The fourth-order valence-corrected chi connectivity index (χ4v) is 1.79. The van der Waals surface area contributed by atoms with Crippen LogP contribution in [0.3, 0.4) is 0 Å². The fourth-order valence-electron chi connectivity index (χ4n) is 1.79. The minimum atomic E-state index is -3.41. The van der Waals surface area contributed by atoms with E-state index < -0.39 is 75.6 Å². The number of carbonyl (C=O) groups is 1. The van der Waals surface area contributed by atoms with Crippen LogP contribution in [0.25, 0.3) is 10.9 Å². The van der Waals surface area contributed by atoms with Gasteiger partial charge in [-0.15, -0.1) is 0 Å². The molecule has 0 radical (unpaired) electrons. The number of H-pyrrole nitrogens is 1. The maximum atomic E-state index is 11.7. The molecule has 2 N–H and O–H groups in total. The molecule has 1 fully saturated rings. The van der Waals surface area contributed by atoms with Gasteiger partial charge in [-0.25, -0.2) is 4.79 Å². The number of ether oxygens (including phenoxy) is 1. The first-order valence-electron chi connectivity index (χ1n) is 13.8. The number of benzene rings is 1. The molecule has 0 saturated carbocycles. The summed E-state index contributed by atoms with van der Waals surface area (Å²) >= 11 is 0. The topological polar surface area (TPSA) is 57.4 Å². The monoisotopic (exact) mass is 303 g/mol. The van der Waals surface area contributed by atoms with Crippen LogP contribution < -0.4 is 5.32 Å². The Morgan fingerprint density at radius 2 is 2.57 bits per heavy atom. The number of cyclic esters (lactones) is 1. The van der Waals surface area contributed by atoms with Crippen LogP contribution in [0.15, 0.2) is 24.3 Å². The van der Waals surface area contributed by atoms with Crippen molar-refractivity contribution in [1.82, 2.24) is 15.2 Å². The van der Waals surface area contributed by atoms with E-state index in [4.69, 9.17) is 21.9 Å². The molecular formula is C16H21N3O2. The molecule has 21 heavy (non-hydrogen) atoms. The second-order valence-electron chi connectivity index (χ2n) is 4.10. The van der Waals surface area contributed by atoms with E-state index >= 15 is 0 Å². The van der Waals surface area contributed by atoms with Gasteiger partial charge in [0.1, 0.15) is 6.56 Å². The molecule has 1 aromatic heterocycles. The summed E-state index contributed by atoms with van der Waals surface area (Å²) in [6.07, 6.45) is -4.76. The summed E-state index contributed by atoms with van der Waals surface area (Å²) in [6.45, 7) is -13.2. The summed E-state index contributed by atoms with van der Waals surface area (Å²) in [5.74, 6) is 0. The van der Waals surface area contributed by atoms with Crippen molar-refractivity contribution in [3.8, 4) is 0 Å². The molecule has 1 atom stereocenters. The molecule has 0 bridgehead atoms. The average molecular weight is 303 g/mol. The van der Waals surface area contributed by atoms with Gasteiger partial charge >= 0.3 is 6.09 Å². The van der Waals surface area contributed by atoms with Crippen LogP contribution in [-0.2, 0) is 17.5 Å². The predicted octanol–water partition coefficient (Wildman–Crippen LogP) is 1.92. The van der Waals surface area contributed by atoms with Gasteiger partial charge in [0, 0.05) is 37.3 Å². The smallest absolute Gasteiger partial charge is 0.407 e. The highest BCUT2D eigenvalue weighted by molar-refractivity contribution is 5.84. The number of hydrogen-bond donors (Lipinski definition) is 2. The van der Waals surface area contributed by atoms with Gasteiger partial charge in [0.15, 0.2) is 0 Å². The molecule has 1 aliphatic rings. The van der Waals surface area contributed by atoms with E-state index in [2.05, 4.69) is 9.72 Å². The molecule has 1 amide bonds. The van der Waals surface area contributed by atoms with Gasteiger partial charge in [0.25, 0.3) is 0 Å². The number of carbonyl (C=O) groups excluding carboxylic acids is 1. The third-order valence-corrected chi connectivity index (χ3v) is 2.67. The predicted molar refractivity (Wildman–Crippen MR) is 82.5 cm³/mol. The van der Waals surface area contributed by atoms with Gasteiger partial charge in [0.05, 0.1) is 14.2 Å². The lowest BCUT2D eigenvalue weighted by Crippen LogP contribution is -2.28. The van der Waals surface area contributed by atoms with Gasteiger partial charge in [-0.2, -0.15) is 0 Å². The Morgan fingerprint density at radius 3 is 3.33 bits per heavy atom. The molecule has 1 saturated heterocycles. The van der Waals surface area contributed by atoms with E-state index in [1.807, 2.05) is 0 Å². The molecule has 112 valence electrons. The van der Waals surface area contributed by atoms with Crippen LogP contribution in [0.5, 0.6) is 0 Å². The van der Waals surface area contributed by atoms with Gasteiger partial charge in [0.2, 0.25) is 0 Å². The molecule has 0 unspecified atom stereocenters. The molecule has 2 aromatic rings. The molecule has 1 aliphatic heterocycles. The Morgan fingerprint density at radius 1 is 1.67 bits per heavy atom. The van der Waals surface area contributed by atoms with Crippen molar-refractivity contribution in [3.05, 3.63) is 35.5 Å². The highest BCUT2D eigenvalue weighted by atomic mass is 16.6. The summed E-state index contributed by atoms with van der Waals surface area (Å²) < 4.78 is 132. The van der Waals surface area contributed by atoms with Crippen molar-refractivity contribution in [3.63, 3.8) is 0 Å². The van der Waals surface area contributed by atoms with Crippen molar-refractivity contribution in [2.45, 2.75) is 18.8 Å². The zero-order chi connectivity index (χ0) is 28.7. The first-order chi connectivity index (χ1) is 16.4. The molecule has 1 aromatic carbocycles. The zero-order valence-corrected chi connectivity index (χ0v) is 10.5. The van der Waals surface area contributed by atoms with Crippen molar-refractivity contribution in [1.29, 1.82) is 0 Å². The molecular weight excluding hydrogens is 266 g/mol.